The van der Waals surface area contributed by atoms with Crippen LogP contribution in [0.2, 0.25) is 0 Å². The first kappa shape index (κ1) is 19.7. The number of aliphatic imine (C=N–C) groups is 2. The van der Waals surface area contributed by atoms with Crippen LogP contribution in [0.15, 0.2) is 34.4 Å². The van der Waals surface area contributed by atoms with Gasteiger partial charge in [0, 0.05) is 18.3 Å². The molecule has 1 aromatic heterocycles. The lowest BCUT2D eigenvalue weighted by molar-refractivity contribution is -0.153. The van der Waals surface area contributed by atoms with Gasteiger partial charge in [0.05, 0.1) is 18.4 Å². The number of nitrogens with two attached hydrogens (primary N) is 1. The molecule has 0 atom stereocenters. The molecule has 28 heavy (non-hydrogen) atoms. The van der Waals surface area contributed by atoms with Crippen molar-refractivity contribution < 1.29 is 22.6 Å². The van der Waals surface area contributed by atoms with Gasteiger partial charge >= 0.3 is 6.18 Å². The molecule has 0 fully saturated rings. The third kappa shape index (κ3) is 4.62. The van der Waals surface area contributed by atoms with Gasteiger partial charge in [0.1, 0.15) is 29.6 Å². The van der Waals surface area contributed by atoms with Gasteiger partial charge in [0.15, 0.2) is 12.4 Å². The van der Waals surface area contributed by atoms with Crippen LogP contribution in [0.4, 0.5) is 13.2 Å². The van der Waals surface area contributed by atoms with E-state index in [0.717, 1.165) is 6.34 Å². The van der Waals surface area contributed by atoms with Gasteiger partial charge in [0.25, 0.3) is 0 Å². The topological polar surface area (TPSA) is 87.0 Å². The number of benzene rings is 1. The van der Waals surface area contributed by atoms with E-state index < -0.39 is 12.8 Å². The first-order valence-electron chi connectivity index (χ1n) is 8.63. The second-order valence-electron chi connectivity index (χ2n) is 6.38. The van der Waals surface area contributed by atoms with Crippen molar-refractivity contribution in [2.45, 2.75) is 32.6 Å². The first-order valence-corrected chi connectivity index (χ1v) is 8.63. The third-order valence-corrected chi connectivity index (χ3v) is 3.77. The third-order valence-electron chi connectivity index (χ3n) is 3.77. The number of halogens is 3. The molecule has 1 aliphatic heterocycles. The fourth-order valence-corrected chi connectivity index (χ4v) is 2.71. The molecule has 1 aromatic carbocycles. The Morgan fingerprint density at radius 3 is 2.89 bits per heavy atom. The minimum absolute atomic E-state index is 0.00386. The van der Waals surface area contributed by atoms with Crippen molar-refractivity contribution in [3.8, 4) is 22.9 Å². The average molecular weight is 395 g/mol. The lowest BCUT2D eigenvalue weighted by atomic mass is 10.2. The van der Waals surface area contributed by atoms with E-state index in [0.29, 0.717) is 41.8 Å². The molecule has 2 heterocycles. The van der Waals surface area contributed by atoms with Gasteiger partial charge < -0.3 is 19.8 Å². The summed E-state index contributed by atoms with van der Waals surface area (Å²) in [6.45, 7) is 3.31. The molecule has 0 bridgehead atoms. The van der Waals surface area contributed by atoms with Crippen molar-refractivity contribution in [3.05, 3.63) is 30.1 Å². The number of hydrogen-bond donors (Lipinski definition) is 1. The van der Waals surface area contributed by atoms with E-state index in [4.69, 9.17) is 15.2 Å². The zero-order chi connectivity index (χ0) is 20.3. The highest BCUT2D eigenvalue weighted by Gasteiger charge is 2.29. The summed E-state index contributed by atoms with van der Waals surface area (Å²) >= 11 is 0. The summed E-state index contributed by atoms with van der Waals surface area (Å²) in [4.78, 5) is 13.1. The van der Waals surface area contributed by atoms with Gasteiger partial charge in [0.2, 0.25) is 0 Å². The Morgan fingerprint density at radius 1 is 1.43 bits per heavy atom. The van der Waals surface area contributed by atoms with E-state index in [1.54, 1.807) is 12.3 Å². The van der Waals surface area contributed by atoms with Crippen molar-refractivity contribution in [1.82, 2.24) is 9.55 Å². The van der Waals surface area contributed by atoms with Crippen LogP contribution in [0.3, 0.4) is 0 Å². The number of alkyl halides is 3. The molecule has 0 saturated heterocycles. The zero-order valence-corrected chi connectivity index (χ0v) is 15.4. The van der Waals surface area contributed by atoms with Gasteiger partial charge in [-0.1, -0.05) is 0 Å². The minimum atomic E-state index is -4.41. The van der Waals surface area contributed by atoms with Crippen molar-refractivity contribution >= 4 is 12.2 Å². The van der Waals surface area contributed by atoms with Gasteiger partial charge in [-0.15, -0.1) is 0 Å². The number of rotatable bonds is 4. The summed E-state index contributed by atoms with van der Waals surface area (Å²) < 4.78 is 49.5. The summed E-state index contributed by atoms with van der Waals surface area (Å²) in [7, 11) is 0. The van der Waals surface area contributed by atoms with E-state index in [1.807, 2.05) is 18.4 Å². The molecule has 7 nitrogen and oxygen atoms in total. The molecule has 10 heteroatoms. The SMILES string of the molecule is CC(C)N=C(N=CN)c1cn2c(n1)-c1ccc(OCC(F)(F)F)cc1OCC2. The van der Waals surface area contributed by atoms with Gasteiger partial charge in [-0.05, 0) is 26.0 Å². The van der Waals surface area contributed by atoms with Crippen molar-refractivity contribution in [1.29, 1.82) is 0 Å². The second kappa shape index (κ2) is 7.91. The maximum absolute atomic E-state index is 12.4. The van der Waals surface area contributed by atoms with Crippen LogP contribution in [0.5, 0.6) is 11.5 Å². The number of imidazole rings is 1. The van der Waals surface area contributed by atoms with Crippen molar-refractivity contribution in [3.63, 3.8) is 0 Å². The Kier molecular flexibility index (Phi) is 5.57. The van der Waals surface area contributed by atoms with E-state index >= 15 is 0 Å². The Balaban J connectivity index is 1.96. The fourth-order valence-electron chi connectivity index (χ4n) is 2.71. The van der Waals surface area contributed by atoms with E-state index in [-0.39, 0.29) is 11.8 Å². The smallest absolute Gasteiger partial charge is 0.422 e. The van der Waals surface area contributed by atoms with Crippen LogP contribution in [0.1, 0.15) is 19.5 Å². The van der Waals surface area contributed by atoms with E-state index in [1.165, 1.54) is 12.1 Å². The Hall–Kier alpha value is -3.04. The summed E-state index contributed by atoms with van der Waals surface area (Å²) in [6, 6.07) is 4.52. The molecule has 0 amide bonds. The largest absolute Gasteiger partial charge is 0.491 e. The summed E-state index contributed by atoms with van der Waals surface area (Å²) in [6.07, 6.45) is -1.45. The second-order valence-corrected chi connectivity index (χ2v) is 6.38. The predicted octanol–water partition coefficient (Wildman–Crippen LogP) is 3.03. The highest BCUT2D eigenvalue weighted by Crippen LogP contribution is 2.35. The van der Waals surface area contributed by atoms with Crippen LogP contribution in [-0.4, -0.2) is 47.2 Å². The van der Waals surface area contributed by atoms with Crippen molar-refractivity contribution in [2.24, 2.45) is 15.7 Å². The molecule has 2 N–H and O–H groups in total. The molecule has 2 aromatic rings. The minimum Gasteiger partial charge on any atom is -0.491 e. The monoisotopic (exact) mass is 395 g/mol. The Labute approximate surface area is 159 Å². The van der Waals surface area contributed by atoms with Gasteiger partial charge in [-0.25, -0.2) is 9.98 Å². The molecule has 150 valence electrons. The highest BCUT2D eigenvalue weighted by atomic mass is 19.4. The van der Waals surface area contributed by atoms with E-state index in [9.17, 15) is 13.2 Å². The lowest BCUT2D eigenvalue weighted by Crippen LogP contribution is -2.19. The molecular formula is C18H20F3N5O2. The molecule has 1 aliphatic rings. The number of aromatic nitrogens is 2. The van der Waals surface area contributed by atoms with Crippen LogP contribution >= 0.6 is 0 Å². The Bertz CT molecular complexity index is 903. The highest BCUT2D eigenvalue weighted by molar-refractivity contribution is 6.01. The summed E-state index contributed by atoms with van der Waals surface area (Å²) in [5.74, 6) is 1.49. The summed E-state index contributed by atoms with van der Waals surface area (Å²) in [5.41, 5.74) is 6.61. The number of hydrogen-bond acceptors (Lipinski definition) is 4. The van der Waals surface area contributed by atoms with E-state index in [2.05, 4.69) is 15.0 Å². The zero-order valence-electron chi connectivity index (χ0n) is 15.4. The normalized spacial score (nSPS) is 14.6. The maximum Gasteiger partial charge on any atom is 0.422 e. The van der Waals surface area contributed by atoms with Gasteiger partial charge in [-0.3, -0.25) is 4.99 Å². The first-order chi connectivity index (χ1) is 13.3. The molecule has 0 spiro atoms. The number of fused-ring (bicyclic) bond motifs is 3. The quantitative estimate of drug-likeness (QED) is 0.637. The number of ether oxygens (including phenoxy) is 2. The van der Waals surface area contributed by atoms with Crippen LogP contribution in [-0.2, 0) is 6.54 Å². The van der Waals surface area contributed by atoms with Gasteiger partial charge in [-0.2, -0.15) is 13.2 Å². The number of nitrogens with zero attached hydrogens (tertiary/aromatic N) is 4. The van der Waals surface area contributed by atoms with Crippen molar-refractivity contribution in [2.75, 3.05) is 13.2 Å². The molecule has 3 rings (SSSR count). The fraction of sp³-hybridized carbons (Fsp3) is 0.389. The predicted molar refractivity (Wildman–Crippen MR) is 99.1 cm³/mol. The molecular weight excluding hydrogens is 375 g/mol. The van der Waals surface area contributed by atoms with Crippen LogP contribution in [0.25, 0.3) is 11.4 Å². The molecule has 0 saturated carbocycles. The molecule has 0 unspecified atom stereocenters. The number of amidine groups is 1. The maximum atomic E-state index is 12.4. The molecule has 0 radical (unpaired) electrons. The lowest BCUT2D eigenvalue weighted by Gasteiger charge is -2.12. The molecule has 0 aliphatic carbocycles. The standard InChI is InChI=1S/C18H20F3N5O2/c1-11(2)24-16(23-10-22)14-8-26-5-6-27-15-7-12(28-9-18(19,20)21)3-4-13(15)17(26)25-14/h3-4,7-8,10-11H,5-6,9H2,1-2H3,(H2,22,23,24). The summed E-state index contributed by atoms with van der Waals surface area (Å²) in [5, 5.41) is 0. The Morgan fingerprint density at radius 2 is 2.21 bits per heavy atom. The average Bonchev–Trinajstić information content (AvgIpc) is 2.95. The van der Waals surface area contributed by atoms with Crippen LogP contribution in [0, 0.1) is 0 Å². The van der Waals surface area contributed by atoms with Crippen LogP contribution < -0.4 is 15.2 Å².